The Bertz CT molecular complexity index is 1390. The number of hydrogen-bond donors (Lipinski definition) is 2. The highest BCUT2D eigenvalue weighted by atomic mass is 32.2. The maximum Gasteiger partial charge on any atom is 0.261 e. The normalized spacial score (nSPS) is 11.2. The second kappa shape index (κ2) is 9.30. The van der Waals surface area contributed by atoms with Gasteiger partial charge in [-0.15, -0.1) is 0 Å². The summed E-state index contributed by atoms with van der Waals surface area (Å²) in [4.78, 5) is 17.2. The maximum absolute atomic E-state index is 12.8. The molecule has 1 aromatic heterocycles. The van der Waals surface area contributed by atoms with Crippen molar-refractivity contribution >= 4 is 21.6 Å². The van der Waals surface area contributed by atoms with Gasteiger partial charge in [0.15, 0.2) is 0 Å². The van der Waals surface area contributed by atoms with Gasteiger partial charge in [0.05, 0.1) is 10.6 Å². The molecule has 0 aliphatic carbocycles. The van der Waals surface area contributed by atoms with Crippen molar-refractivity contribution in [2.24, 2.45) is 0 Å². The quantitative estimate of drug-likeness (QED) is 0.432. The van der Waals surface area contributed by atoms with Gasteiger partial charge in [-0.25, -0.2) is 13.4 Å². The van der Waals surface area contributed by atoms with Crippen LogP contribution in [0.4, 0.5) is 5.69 Å². The Morgan fingerprint density at radius 1 is 0.970 bits per heavy atom. The Hall–Kier alpha value is -3.91. The van der Waals surface area contributed by atoms with E-state index in [4.69, 9.17) is 0 Å². The van der Waals surface area contributed by atoms with Crippen molar-refractivity contribution in [3.05, 3.63) is 108 Å². The minimum absolute atomic E-state index is 0.161. The largest absolute Gasteiger partial charge is 0.348 e. The topological polar surface area (TPSA) is 93.1 Å². The zero-order valence-electron chi connectivity index (χ0n) is 18.3. The average Bonchev–Trinajstić information content (AvgIpc) is 3.23. The van der Waals surface area contributed by atoms with Gasteiger partial charge in [0.2, 0.25) is 0 Å². The number of aromatic nitrogens is 2. The first-order valence-electron chi connectivity index (χ1n) is 10.4. The molecule has 1 heterocycles. The number of aryl methyl sites for hydroxylation is 2. The molecular formula is C25H24N4O3S. The molecule has 7 nitrogen and oxygen atoms in total. The van der Waals surface area contributed by atoms with Gasteiger partial charge in [-0.3, -0.25) is 9.52 Å². The second-order valence-corrected chi connectivity index (χ2v) is 9.34. The molecule has 0 aliphatic heterocycles. The van der Waals surface area contributed by atoms with Gasteiger partial charge in [-0.1, -0.05) is 42.0 Å². The third kappa shape index (κ3) is 5.12. The van der Waals surface area contributed by atoms with Gasteiger partial charge in [0.25, 0.3) is 15.9 Å². The fourth-order valence-electron chi connectivity index (χ4n) is 3.46. The summed E-state index contributed by atoms with van der Waals surface area (Å²) >= 11 is 0. The van der Waals surface area contributed by atoms with E-state index in [0.29, 0.717) is 17.8 Å². The first-order valence-corrected chi connectivity index (χ1v) is 11.9. The molecule has 0 radical (unpaired) electrons. The minimum atomic E-state index is -3.75. The molecular weight excluding hydrogens is 436 g/mol. The highest BCUT2D eigenvalue weighted by Crippen LogP contribution is 2.19. The molecule has 0 aliphatic rings. The van der Waals surface area contributed by atoms with E-state index < -0.39 is 10.0 Å². The number of carbonyl (C=O) groups excluding carboxylic acids is 1. The average molecular weight is 461 g/mol. The monoisotopic (exact) mass is 460 g/mol. The predicted octanol–water partition coefficient (Wildman–Crippen LogP) is 4.22. The third-order valence-corrected chi connectivity index (χ3v) is 6.62. The summed E-state index contributed by atoms with van der Waals surface area (Å²) in [5, 5.41) is 2.92. The van der Waals surface area contributed by atoms with Crippen LogP contribution in [-0.2, 0) is 16.6 Å². The lowest BCUT2D eigenvalue weighted by molar-refractivity contribution is 0.0951. The Kier molecular flexibility index (Phi) is 6.28. The van der Waals surface area contributed by atoms with Crippen molar-refractivity contribution in [3.63, 3.8) is 0 Å². The smallest absolute Gasteiger partial charge is 0.261 e. The van der Waals surface area contributed by atoms with Gasteiger partial charge in [0.1, 0.15) is 5.82 Å². The summed E-state index contributed by atoms with van der Waals surface area (Å²) in [6, 6.07) is 20.8. The van der Waals surface area contributed by atoms with Crippen molar-refractivity contribution in [2.45, 2.75) is 25.3 Å². The molecule has 0 bridgehead atoms. The molecule has 33 heavy (non-hydrogen) atoms. The summed E-state index contributed by atoms with van der Waals surface area (Å²) in [5.41, 5.74) is 3.51. The number of anilines is 1. The second-order valence-electron chi connectivity index (χ2n) is 7.66. The van der Waals surface area contributed by atoms with Crippen LogP contribution in [0.15, 0.2) is 90.1 Å². The van der Waals surface area contributed by atoms with Crippen molar-refractivity contribution in [2.75, 3.05) is 4.72 Å². The number of benzene rings is 3. The molecule has 0 spiro atoms. The van der Waals surface area contributed by atoms with Crippen LogP contribution in [0.1, 0.15) is 27.3 Å². The van der Waals surface area contributed by atoms with Crippen molar-refractivity contribution in [1.82, 2.24) is 14.9 Å². The fourth-order valence-corrected chi connectivity index (χ4v) is 4.51. The molecule has 1 amide bonds. The van der Waals surface area contributed by atoms with E-state index in [1.165, 1.54) is 6.07 Å². The summed E-state index contributed by atoms with van der Waals surface area (Å²) in [6.07, 6.45) is 3.60. The number of rotatable bonds is 7. The first-order chi connectivity index (χ1) is 15.8. The highest BCUT2D eigenvalue weighted by Gasteiger charge is 2.15. The third-order valence-electron chi connectivity index (χ3n) is 5.22. The van der Waals surface area contributed by atoms with Crippen LogP contribution in [0.25, 0.3) is 5.69 Å². The fraction of sp³-hybridized carbons (Fsp3) is 0.120. The number of sulfonamides is 1. The standard InChI is InChI=1S/C25H24N4O3S/c1-18-10-12-23(13-11-18)33(31,32)28-22-8-5-7-20(16-22)25(30)27-17-21-6-3-4-9-24(21)29-15-14-26-19(29)2/h3-16,28H,17H2,1-2H3,(H,27,30). The van der Waals surface area contributed by atoms with Crippen molar-refractivity contribution in [3.8, 4) is 5.69 Å². The van der Waals surface area contributed by atoms with Crippen LogP contribution in [0, 0.1) is 13.8 Å². The van der Waals surface area contributed by atoms with E-state index in [-0.39, 0.29) is 10.8 Å². The number of nitrogens with zero attached hydrogens (tertiary/aromatic N) is 2. The van der Waals surface area contributed by atoms with Crippen LogP contribution in [0.3, 0.4) is 0 Å². The molecule has 0 saturated carbocycles. The lowest BCUT2D eigenvalue weighted by atomic mass is 10.1. The molecule has 8 heteroatoms. The summed E-state index contributed by atoms with van der Waals surface area (Å²) < 4.78 is 29.8. The van der Waals surface area contributed by atoms with Gasteiger partial charge in [-0.05, 0) is 55.8 Å². The maximum atomic E-state index is 12.8. The number of amides is 1. The van der Waals surface area contributed by atoms with Crippen LogP contribution in [0.5, 0.6) is 0 Å². The van der Waals surface area contributed by atoms with E-state index in [2.05, 4.69) is 15.0 Å². The first kappa shape index (κ1) is 22.3. The summed E-state index contributed by atoms with van der Waals surface area (Å²) in [5.74, 6) is 0.547. The van der Waals surface area contributed by atoms with E-state index in [1.807, 2.05) is 48.9 Å². The Labute approximate surface area is 193 Å². The van der Waals surface area contributed by atoms with E-state index >= 15 is 0 Å². The molecule has 0 atom stereocenters. The molecule has 168 valence electrons. The lowest BCUT2D eigenvalue weighted by Crippen LogP contribution is -2.24. The number of hydrogen-bond acceptors (Lipinski definition) is 4. The van der Waals surface area contributed by atoms with Crippen LogP contribution >= 0.6 is 0 Å². The molecule has 2 N–H and O–H groups in total. The summed E-state index contributed by atoms with van der Waals surface area (Å²) in [7, 11) is -3.75. The molecule has 0 unspecified atom stereocenters. The Balaban J connectivity index is 1.48. The number of imidazole rings is 1. The van der Waals surface area contributed by atoms with Crippen molar-refractivity contribution < 1.29 is 13.2 Å². The van der Waals surface area contributed by atoms with E-state index in [0.717, 1.165) is 22.6 Å². The number of carbonyl (C=O) groups is 1. The minimum Gasteiger partial charge on any atom is -0.348 e. The SMILES string of the molecule is Cc1ccc(S(=O)(=O)Nc2cccc(C(=O)NCc3ccccc3-n3ccnc3C)c2)cc1. The van der Waals surface area contributed by atoms with Gasteiger partial charge in [0, 0.05) is 30.2 Å². The van der Waals surface area contributed by atoms with Crippen LogP contribution in [0.2, 0.25) is 0 Å². The van der Waals surface area contributed by atoms with Gasteiger partial charge < -0.3 is 9.88 Å². The number of para-hydroxylation sites is 1. The van der Waals surface area contributed by atoms with E-state index in [9.17, 15) is 13.2 Å². The zero-order valence-corrected chi connectivity index (χ0v) is 19.1. The molecule has 4 aromatic rings. The zero-order chi connectivity index (χ0) is 23.4. The van der Waals surface area contributed by atoms with E-state index in [1.54, 1.807) is 48.7 Å². The summed E-state index contributed by atoms with van der Waals surface area (Å²) in [6.45, 7) is 4.12. The molecule has 0 saturated heterocycles. The molecule has 4 rings (SSSR count). The molecule has 3 aromatic carbocycles. The number of nitrogens with one attached hydrogen (secondary N) is 2. The predicted molar refractivity (Wildman–Crippen MR) is 128 cm³/mol. The Morgan fingerprint density at radius 2 is 1.73 bits per heavy atom. The van der Waals surface area contributed by atoms with Crippen LogP contribution < -0.4 is 10.0 Å². The van der Waals surface area contributed by atoms with Gasteiger partial charge >= 0.3 is 0 Å². The van der Waals surface area contributed by atoms with Crippen molar-refractivity contribution in [1.29, 1.82) is 0 Å². The van der Waals surface area contributed by atoms with Gasteiger partial charge in [-0.2, -0.15) is 0 Å². The Morgan fingerprint density at radius 3 is 2.45 bits per heavy atom. The molecule has 0 fully saturated rings. The van der Waals surface area contributed by atoms with Crippen LogP contribution in [-0.4, -0.2) is 23.9 Å². The lowest BCUT2D eigenvalue weighted by Gasteiger charge is -2.13. The highest BCUT2D eigenvalue weighted by molar-refractivity contribution is 7.92.